The first kappa shape index (κ1) is 17.6. The van der Waals surface area contributed by atoms with Crippen LogP contribution in [0.3, 0.4) is 0 Å². The molecule has 5 heteroatoms. The Morgan fingerprint density at radius 2 is 1.63 bits per heavy atom. The number of carboxylic acids is 1. The summed E-state index contributed by atoms with van der Waals surface area (Å²) in [5, 5.41) is 11.8. The molecule has 2 aliphatic rings. The number of carbonyl (C=O) groups is 2. The summed E-state index contributed by atoms with van der Waals surface area (Å²) in [6.07, 6.45) is 2.30. The van der Waals surface area contributed by atoms with E-state index in [1.54, 1.807) is 0 Å². The normalized spacial score (nSPS) is 16.7. The Labute approximate surface area is 158 Å². The van der Waals surface area contributed by atoms with Gasteiger partial charge < -0.3 is 15.2 Å². The zero-order valence-electron chi connectivity index (χ0n) is 15.1. The molecule has 5 nitrogen and oxygen atoms in total. The van der Waals surface area contributed by atoms with Gasteiger partial charge in [-0.1, -0.05) is 55.0 Å². The number of aliphatic carboxylic acids is 1. The van der Waals surface area contributed by atoms with Crippen molar-refractivity contribution < 1.29 is 19.4 Å². The Balaban J connectivity index is 1.39. The first-order chi connectivity index (χ1) is 13.1. The predicted octanol–water partition coefficient (Wildman–Crippen LogP) is 4.17. The zero-order valence-corrected chi connectivity index (χ0v) is 15.1. The van der Waals surface area contributed by atoms with Crippen molar-refractivity contribution in [1.29, 1.82) is 0 Å². The van der Waals surface area contributed by atoms with Gasteiger partial charge in [0.1, 0.15) is 6.61 Å². The molecule has 2 aliphatic carbocycles. The number of hydrogen-bond donors (Lipinski definition) is 2. The number of carbonyl (C=O) groups excluding carboxylic acids is 1. The fourth-order valence-electron chi connectivity index (χ4n) is 4.32. The van der Waals surface area contributed by atoms with Crippen molar-refractivity contribution in [1.82, 2.24) is 5.32 Å². The number of nitrogens with one attached hydrogen (secondary N) is 1. The molecule has 0 aliphatic heterocycles. The maximum absolute atomic E-state index is 12.2. The van der Waals surface area contributed by atoms with Crippen molar-refractivity contribution in [3.63, 3.8) is 0 Å². The van der Waals surface area contributed by atoms with E-state index in [1.807, 2.05) is 24.3 Å². The molecule has 0 unspecified atom stereocenters. The lowest BCUT2D eigenvalue weighted by atomic mass is 9.66. The third-order valence-corrected chi connectivity index (χ3v) is 5.89. The summed E-state index contributed by atoms with van der Waals surface area (Å²) in [6.45, 7) is 0.627. The summed E-state index contributed by atoms with van der Waals surface area (Å²) in [5.41, 5.74) is 4.42. The standard InChI is InChI=1S/C22H23NO4/c24-20(25)12-22(10-5-11-22)14-23-21(26)27-13-19-17-8-3-1-6-15(17)16-7-2-4-9-18(16)19/h1-4,6-9,19H,5,10-14H2,(H,23,26)(H,24,25). The summed E-state index contributed by atoms with van der Waals surface area (Å²) in [7, 11) is 0. The number of amides is 1. The highest BCUT2D eigenvalue weighted by molar-refractivity contribution is 5.79. The van der Waals surface area contributed by atoms with E-state index in [0.717, 1.165) is 19.3 Å². The van der Waals surface area contributed by atoms with Crippen molar-refractivity contribution in [2.24, 2.45) is 5.41 Å². The third kappa shape index (κ3) is 3.42. The van der Waals surface area contributed by atoms with Crippen molar-refractivity contribution in [2.75, 3.05) is 13.2 Å². The number of carboxylic acid groups (broad SMARTS) is 1. The Bertz CT molecular complexity index is 827. The highest BCUT2D eigenvalue weighted by atomic mass is 16.5. The number of benzene rings is 2. The molecular weight excluding hydrogens is 342 g/mol. The molecule has 0 saturated heterocycles. The second-order valence-electron chi connectivity index (χ2n) is 7.60. The Morgan fingerprint density at radius 3 is 2.15 bits per heavy atom. The van der Waals surface area contributed by atoms with Crippen molar-refractivity contribution in [3.05, 3.63) is 59.7 Å². The van der Waals surface area contributed by atoms with Crippen molar-refractivity contribution in [3.8, 4) is 11.1 Å². The van der Waals surface area contributed by atoms with Crippen LogP contribution < -0.4 is 5.32 Å². The largest absolute Gasteiger partial charge is 0.481 e. The minimum atomic E-state index is -0.816. The van der Waals surface area contributed by atoms with Gasteiger partial charge in [0.25, 0.3) is 0 Å². The molecule has 2 N–H and O–H groups in total. The van der Waals surface area contributed by atoms with Crippen LogP contribution in [0.5, 0.6) is 0 Å². The number of ether oxygens (including phenoxy) is 1. The van der Waals surface area contributed by atoms with E-state index in [2.05, 4.69) is 29.6 Å². The highest BCUT2D eigenvalue weighted by Crippen LogP contribution is 2.45. The van der Waals surface area contributed by atoms with Crippen LogP contribution in [0.15, 0.2) is 48.5 Å². The Kier molecular flexibility index (Phi) is 4.60. The van der Waals surface area contributed by atoms with Gasteiger partial charge in [-0.3, -0.25) is 4.79 Å². The fourth-order valence-corrected chi connectivity index (χ4v) is 4.32. The van der Waals surface area contributed by atoms with E-state index in [0.29, 0.717) is 6.54 Å². The van der Waals surface area contributed by atoms with Crippen LogP contribution in [0.4, 0.5) is 4.79 Å². The summed E-state index contributed by atoms with van der Waals surface area (Å²) in [6, 6.07) is 16.4. The first-order valence-electron chi connectivity index (χ1n) is 9.39. The summed E-state index contributed by atoms with van der Waals surface area (Å²) < 4.78 is 5.51. The van der Waals surface area contributed by atoms with E-state index in [4.69, 9.17) is 9.84 Å². The van der Waals surface area contributed by atoms with Crippen LogP contribution in [-0.2, 0) is 9.53 Å². The number of alkyl carbamates (subject to hydrolysis) is 1. The van der Waals surface area contributed by atoms with E-state index in [-0.39, 0.29) is 24.4 Å². The van der Waals surface area contributed by atoms with E-state index >= 15 is 0 Å². The topological polar surface area (TPSA) is 75.6 Å². The molecule has 1 amide bonds. The number of hydrogen-bond acceptors (Lipinski definition) is 3. The van der Waals surface area contributed by atoms with Gasteiger partial charge in [-0.2, -0.15) is 0 Å². The van der Waals surface area contributed by atoms with E-state index in [9.17, 15) is 9.59 Å². The van der Waals surface area contributed by atoms with Crippen molar-refractivity contribution >= 4 is 12.1 Å². The van der Waals surface area contributed by atoms with Gasteiger partial charge in [0.05, 0.1) is 6.42 Å². The zero-order chi connectivity index (χ0) is 18.9. The molecule has 0 atom stereocenters. The van der Waals surface area contributed by atoms with Crippen LogP contribution >= 0.6 is 0 Å². The minimum absolute atomic E-state index is 0.0276. The average molecular weight is 365 g/mol. The minimum Gasteiger partial charge on any atom is -0.481 e. The monoisotopic (exact) mass is 365 g/mol. The second kappa shape index (κ2) is 7.06. The molecule has 1 fully saturated rings. The maximum atomic E-state index is 12.2. The summed E-state index contributed by atoms with van der Waals surface area (Å²) in [5.74, 6) is -0.788. The molecular formula is C22H23NO4. The van der Waals surface area contributed by atoms with Crippen LogP contribution in [0.2, 0.25) is 0 Å². The van der Waals surface area contributed by atoms with E-state index in [1.165, 1.54) is 22.3 Å². The quantitative estimate of drug-likeness (QED) is 0.806. The van der Waals surface area contributed by atoms with Gasteiger partial charge in [0.2, 0.25) is 0 Å². The molecule has 0 radical (unpaired) electrons. The molecule has 2 aromatic carbocycles. The maximum Gasteiger partial charge on any atom is 0.407 e. The van der Waals surface area contributed by atoms with Gasteiger partial charge in [-0.05, 0) is 40.5 Å². The summed E-state index contributed by atoms with van der Waals surface area (Å²) >= 11 is 0. The molecule has 0 spiro atoms. The van der Waals surface area contributed by atoms with Gasteiger partial charge in [0.15, 0.2) is 0 Å². The molecule has 4 rings (SSSR count). The molecule has 0 heterocycles. The van der Waals surface area contributed by atoms with Crippen LogP contribution in [-0.4, -0.2) is 30.3 Å². The third-order valence-electron chi connectivity index (χ3n) is 5.89. The molecule has 140 valence electrons. The lowest BCUT2D eigenvalue weighted by Gasteiger charge is -2.40. The van der Waals surface area contributed by atoms with Gasteiger partial charge >= 0.3 is 12.1 Å². The van der Waals surface area contributed by atoms with Crippen LogP contribution in [0.1, 0.15) is 42.7 Å². The first-order valence-corrected chi connectivity index (χ1v) is 9.39. The van der Waals surface area contributed by atoms with Crippen LogP contribution in [0.25, 0.3) is 11.1 Å². The number of rotatable bonds is 6. The van der Waals surface area contributed by atoms with Gasteiger partial charge in [0, 0.05) is 12.5 Å². The lowest BCUT2D eigenvalue weighted by molar-refractivity contribution is -0.141. The molecule has 27 heavy (non-hydrogen) atoms. The second-order valence-corrected chi connectivity index (χ2v) is 7.60. The smallest absolute Gasteiger partial charge is 0.407 e. The fraction of sp³-hybridized carbons (Fsp3) is 0.364. The molecule has 1 saturated carbocycles. The Hall–Kier alpha value is -2.82. The highest BCUT2D eigenvalue weighted by Gasteiger charge is 2.39. The predicted molar refractivity (Wildman–Crippen MR) is 102 cm³/mol. The van der Waals surface area contributed by atoms with Gasteiger partial charge in [-0.15, -0.1) is 0 Å². The lowest BCUT2D eigenvalue weighted by Crippen LogP contribution is -2.43. The van der Waals surface area contributed by atoms with Gasteiger partial charge in [-0.25, -0.2) is 4.79 Å². The summed E-state index contributed by atoms with van der Waals surface area (Å²) in [4.78, 5) is 23.3. The SMILES string of the molecule is O=C(O)CC1(CNC(=O)OCC2c3ccccc3-c3ccccc32)CCC1. The van der Waals surface area contributed by atoms with E-state index < -0.39 is 12.1 Å². The molecule has 0 bridgehead atoms. The average Bonchev–Trinajstić information content (AvgIpc) is 2.96. The van der Waals surface area contributed by atoms with Crippen molar-refractivity contribution in [2.45, 2.75) is 31.6 Å². The molecule has 2 aromatic rings. The molecule has 0 aromatic heterocycles. The number of fused-ring (bicyclic) bond motifs is 3. The van der Waals surface area contributed by atoms with Crippen LogP contribution in [0, 0.1) is 5.41 Å². The Morgan fingerprint density at radius 1 is 1.04 bits per heavy atom.